The fourth-order valence-corrected chi connectivity index (χ4v) is 5.98. The molecule has 7 heteroatoms. The molecular weight excluding hydrogens is 410 g/mol. The lowest BCUT2D eigenvalue weighted by atomic mass is 9.57. The van der Waals surface area contributed by atoms with Crippen molar-refractivity contribution >= 4 is 17.7 Å². The fourth-order valence-electron chi connectivity index (χ4n) is 5.98. The van der Waals surface area contributed by atoms with E-state index in [1.54, 1.807) is 0 Å². The van der Waals surface area contributed by atoms with Gasteiger partial charge >= 0.3 is 5.97 Å². The molecule has 0 spiro atoms. The van der Waals surface area contributed by atoms with Gasteiger partial charge in [-0.1, -0.05) is 37.6 Å². The number of allylic oxidation sites excluding steroid dienone is 5. The second-order valence-electron chi connectivity index (χ2n) is 10.2. The van der Waals surface area contributed by atoms with Gasteiger partial charge in [-0.3, -0.25) is 9.59 Å². The molecule has 32 heavy (non-hydrogen) atoms. The van der Waals surface area contributed by atoms with E-state index in [-0.39, 0.29) is 29.1 Å². The van der Waals surface area contributed by atoms with E-state index >= 15 is 0 Å². The van der Waals surface area contributed by atoms with Gasteiger partial charge in [0.15, 0.2) is 11.4 Å². The van der Waals surface area contributed by atoms with Crippen LogP contribution < -0.4 is 5.32 Å². The van der Waals surface area contributed by atoms with E-state index in [0.717, 1.165) is 25.3 Å². The smallest absolute Gasteiger partial charge is 0.335 e. The second-order valence-corrected chi connectivity index (χ2v) is 10.2. The highest BCUT2D eigenvalue weighted by Crippen LogP contribution is 2.51. The molecule has 1 heterocycles. The monoisotopic (exact) mass is 445 g/mol. The van der Waals surface area contributed by atoms with E-state index in [0.29, 0.717) is 11.8 Å². The molecule has 1 amide bonds. The number of carboxylic acid groups (broad SMARTS) is 1. The summed E-state index contributed by atoms with van der Waals surface area (Å²) in [6.45, 7) is 9.40. The van der Waals surface area contributed by atoms with Gasteiger partial charge < -0.3 is 20.6 Å². The Kier molecular flexibility index (Phi) is 6.70. The Morgan fingerprint density at radius 3 is 2.47 bits per heavy atom. The topological polar surface area (TPSA) is 124 Å². The fraction of sp³-hybridized carbons (Fsp3) is 0.640. The van der Waals surface area contributed by atoms with Crippen LogP contribution in [0, 0.1) is 35.5 Å². The van der Waals surface area contributed by atoms with Crippen molar-refractivity contribution in [3.05, 3.63) is 35.1 Å². The number of hydrogen-bond donors (Lipinski definition) is 4. The van der Waals surface area contributed by atoms with Crippen LogP contribution >= 0.6 is 0 Å². The van der Waals surface area contributed by atoms with E-state index < -0.39 is 41.6 Å². The van der Waals surface area contributed by atoms with Crippen molar-refractivity contribution < 1.29 is 29.7 Å². The molecule has 176 valence electrons. The Hall–Kier alpha value is -2.41. The van der Waals surface area contributed by atoms with Crippen molar-refractivity contribution in [3.8, 4) is 0 Å². The number of Topliss-reactive ketones (excluding diaryl/α,β-unsaturated/α-hetero) is 1. The highest BCUT2D eigenvalue weighted by molar-refractivity contribution is 6.27. The Bertz CT molecular complexity index is 898. The van der Waals surface area contributed by atoms with Crippen LogP contribution in [0.4, 0.5) is 0 Å². The van der Waals surface area contributed by atoms with Gasteiger partial charge in [0.05, 0.1) is 6.04 Å². The molecule has 3 rings (SSSR count). The summed E-state index contributed by atoms with van der Waals surface area (Å²) in [5.41, 5.74) is -1.41. The van der Waals surface area contributed by atoms with E-state index in [2.05, 4.69) is 31.3 Å². The molecule has 0 aromatic carbocycles. The molecule has 1 saturated carbocycles. The zero-order valence-electron chi connectivity index (χ0n) is 19.5. The number of carbonyl (C=O) groups is 3. The molecule has 2 aliphatic carbocycles. The van der Waals surface area contributed by atoms with Gasteiger partial charge in [0, 0.05) is 18.3 Å². The normalized spacial score (nSPS) is 38.7. The van der Waals surface area contributed by atoms with E-state index in [1.165, 1.54) is 0 Å². The van der Waals surface area contributed by atoms with Crippen LogP contribution in [-0.4, -0.2) is 44.6 Å². The lowest BCUT2D eigenvalue weighted by molar-refractivity contribution is -0.158. The summed E-state index contributed by atoms with van der Waals surface area (Å²) in [5.74, 6) is -2.39. The SMILES string of the molecule is C/C=C(\C)[C@H]1C=C[C@@H]2C[C@H](C)C[C@H](C)[C@@H]2[C@@H]1C(O)=C1C(=O)N[C@@H](C[C@](C)(O)C(=O)O)C1=O. The van der Waals surface area contributed by atoms with E-state index in [4.69, 9.17) is 0 Å². The summed E-state index contributed by atoms with van der Waals surface area (Å²) in [6, 6.07) is -1.19. The van der Waals surface area contributed by atoms with Crippen molar-refractivity contribution in [1.29, 1.82) is 0 Å². The summed E-state index contributed by atoms with van der Waals surface area (Å²) in [6.07, 6.45) is 7.85. The lowest BCUT2D eigenvalue weighted by Crippen LogP contribution is -2.43. The summed E-state index contributed by atoms with van der Waals surface area (Å²) in [5, 5.41) is 33.2. The molecule has 4 N–H and O–H groups in total. The molecule has 2 fully saturated rings. The van der Waals surface area contributed by atoms with Gasteiger partial charge in [0.1, 0.15) is 11.3 Å². The molecule has 7 nitrogen and oxygen atoms in total. The van der Waals surface area contributed by atoms with Crippen molar-refractivity contribution in [2.75, 3.05) is 0 Å². The van der Waals surface area contributed by atoms with Crippen LogP contribution in [0.5, 0.6) is 0 Å². The Morgan fingerprint density at radius 2 is 1.88 bits per heavy atom. The Morgan fingerprint density at radius 1 is 1.22 bits per heavy atom. The van der Waals surface area contributed by atoms with Gasteiger partial charge in [0.25, 0.3) is 5.91 Å². The molecule has 1 aliphatic heterocycles. The van der Waals surface area contributed by atoms with E-state index in [9.17, 15) is 29.7 Å². The van der Waals surface area contributed by atoms with Crippen molar-refractivity contribution in [1.82, 2.24) is 5.32 Å². The number of carboxylic acids is 1. The molecule has 0 aromatic heterocycles. The van der Waals surface area contributed by atoms with Gasteiger partial charge in [-0.15, -0.1) is 0 Å². The number of nitrogens with one attached hydrogen (secondary N) is 1. The third-order valence-corrected chi connectivity index (χ3v) is 7.68. The zero-order chi connectivity index (χ0) is 24.0. The predicted octanol–water partition coefficient (Wildman–Crippen LogP) is 3.16. The number of amides is 1. The summed E-state index contributed by atoms with van der Waals surface area (Å²) in [4.78, 5) is 37.1. The predicted molar refractivity (Wildman–Crippen MR) is 120 cm³/mol. The van der Waals surface area contributed by atoms with Crippen molar-refractivity contribution in [2.45, 2.75) is 65.5 Å². The molecule has 8 atom stereocenters. The Labute approximate surface area is 189 Å². The number of carbonyl (C=O) groups excluding carboxylic acids is 2. The van der Waals surface area contributed by atoms with Crippen LogP contribution in [0.3, 0.4) is 0 Å². The highest BCUT2D eigenvalue weighted by Gasteiger charge is 2.49. The summed E-state index contributed by atoms with van der Waals surface area (Å²) < 4.78 is 0. The van der Waals surface area contributed by atoms with Crippen LogP contribution in [0.2, 0.25) is 0 Å². The molecule has 1 saturated heterocycles. The standard InChI is InChI=1S/C25H35NO6/c1-6-13(3)16-8-7-15-10-12(2)9-14(4)18(15)19(16)22(28)20-21(27)17(26-23(20)29)11-25(5,32)24(30)31/h6-8,12,14-19,28,32H,9-11H2,1-5H3,(H,26,29)(H,30,31)/b13-6+,22-20?/t12-,14+,15-,16-,17+,18+,19-,25+/m1/s1. The minimum Gasteiger partial charge on any atom is -0.511 e. The first-order valence-corrected chi connectivity index (χ1v) is 11.4. The van der Waals surface area contributed by atoms with Gasteiger partial charge in [-0.25, -0.2) is 4.79 Å². The number of aliphatic carboxylic acids is 1. The number of fused-ring (bicyclic) bond motifs is 1. The zero-order valence-corrected chi connectivity index (χ0v) is 19.5. The molecule has 3 aliphatic rings. The summed E-state index contributed by atoms with van der Waals surface area (Å²) in [7, 11) is 0. The number of aliphatic hydroxyl groups excluding tert-OH is 1. The number of rotatable bonds is 5. The molecular formula is C25H35NO6. The van der Waals surface area contributed by atoms with Gasteiger partial charge in [-0.2, -0.15) is 0 Å². The molecule has 0 aromatic rings. The number of hydrogen-bond acceptors (Lipinski definition) is 5. The van der Waals surface area contributed by atoms with Crippen LogP contribution in [-0.2, 0) is 14.4 Å². The average molecular weight is 446 g/mol. The third-order valence-electron chi connectivity index (χ3n) is 7.68. The molecule has 0 radical (unpaired) electrons. The minimum absolute atomic E-state index is 0.0883. The van der Waals surface area contributed by atoms with E-state index in [1.807, 2.05) is 19.9 Å². The largest absolute Gasteiger partial charge is 0.511 e. The highest BCUT2D eigenvalue weighted by atomic mass is 16.4. The van der Waals surface area contributed by atoms with Crippen molar-refractivity contribution in [3.63, 3.8) is 0 Å². The quantitative estimate of drug-likeness (QED) is 0.223. The molecule has 0 unspecified atom stereocenters. The van der Waals surface area contributed by atoms with Gasteiger partial charge in [0.2, 0.25) is 0 Å². The van der Waals surface area contributed by atoms with Gasteiger partial charge in [-0.05, 0) is 57.3 Å². The average Bonchev–Trinajstić information content (AvgIpc) is 2.98. The second kappa shape index (κ2) is 8.85. The summed E-state index contributed by atoms with van der Waals surface area (Å²) >= 11 is 0. The van der Waals surface area contributed by atoms with Crippen LogP contribution in [0.25, 0.3) is 0 Å². The van der Waals surface area contributed by atoms with Crippen molar-refractivity contribution in [2.24, 2.45) is 35.5 Å². The maximum Gasteiger partial charge on any atom is 0.335 e. The first kappa shape index (κ1) is 24.2. The van der Waals surface area contributed by atoms with Crippen LogP contribution in [0.1, 0.15) is 53.9 Å². The number of ketones is 1. The maximum absolute atomic E-state index is 13.1. The Balaban J connectivity index is 2.04. The lowest BCUT2D eigenvalue weighted by Gasteiger charge is -2.47. The molecule has 0 bridgehead atoms. The van der Waals surface area contributed by atoms with Crippen LogP contribution in [0.15, 0.2) is 35.1 Å². The minimum atomic E-state index is -2.17. The number of aliphatic hydroxyl groups is 2. The first-order valence-electron chi connectivity index (χ1n) is 11.4. The third kappa shape index (κ3) is 4.27. The maximum atomic E-state index is 13.1. The first-order chi connectivity index (χ1) is 14.9.